The number of ether oxygens (including phenoxy) is 1. The van der Waals surface area contributed by atoms with Crippen molar-refractivity contribution >= 4 is 34.5 Å². The number of nitrogens with zero attached hydrogens (tertiary/aromatic N) is 3. The number of aryl methyl sites for hydroxylation is 1. The van der Waals surface area contributed by atoms with Crippen molar-refractivity contribution in [2.45, 2.75) is 39.8 Å². The number of anilines is 2. The highest BCUT2D eigenvalue weighted by Gasteiger charge is 2.38. The smallest absolute Gasteiger partial charge is 0.433 e. The van der Waals surface area contributed by atoms with E-state index >= 15 is 0 Å². The molecule has 10 heteroatoms. The Kier molecular flexibility index (Phi) is 6.68. The maximum atomic E-state index is 13.0. The van der Waals surface area contributed by atoms with Gasteiger partial charge in [0.15, 0.2) is 0 Å². The average molecular weight is 503 g/mol. The molecule has 0 aliphatic heterocycles. The first-order valence-electron chi connectivity index (χ1n) is 11.0. The molecule has 1 N–H and O–H groups in total. The number of esters is 1. The van der Waals surface area contributed by atoms with Gasteiger partial charge in [-0.05, 0) is 60.1 Å². The maximum Gasteiger partial charge on any atom is 0.433 e. The zero-order valence-electron chi connectivity index (χ0n) is 19.7. The average Bonchev–Trinajstić information content (AvgIpc) is 3.28. The standard InChI is InChI=1S/C25H25F3N4O2S/c1-14-9-16(11-17(10-14)31-23-29-8-7-20(32-23)25(26,27)28)19-13-30-21(35-19)15-5-6-18(22(33)34-4)24(2,3)12-15/h7-13,18H,5-6H2,1-4H3,(H,29,31,32). The van der Waals surface area contributed by atoms with Crippen molar-refractivity contribution in [2.75, 3.05) is 12.4 Å². The summed E-state index contributed by atoms with van der Waals surface area (Å²) in [6, 6.07) is 6.47. The SMILES string of the molecule is COC(=O)C1CCC(c2ncc(-c3cc(C)cc(Nc4nccc(C(F)(F)F)n4)c3)s2)=CC1(C)C. The van der Waals surface area contributed by atoms with E-state index in [1.165, 1.54) is 18.4 Å². The molecule has 2 heterocycles. The predicted octanol–water partition coefficient (Wildman–Crippen LogP) is 6.66. The second kappa shape index (κ2) is 9.41. The van der Waals surface area contributed by atoms with Crippen LogP contribution in [0.5, 0.6) is 0 Å². The van der Waals surface area contributed by atoms with Crippen LogP contribution in [0.2, 0.25) is 0 Å². The highest BCUT2D eigenvalue weighted by molar-refractivity contribution is 7.16. The number of nitrogens with one attached hydrogen (secondary N) is 1. The number of hydrogen-bond acceptors (Lipinski definition) is 7. The van der Waals surface area contributed by atoms with Gasteiger partial charge in [0, 0.05) is 18.1 Å². The molecule has 0 saturated heterocycles. The summed E-state index contributed by atoms with van der Waals surface area (Å²) < 4.78 is 43.9. The summed E-state index contributed by atoms with van der Waals surface area (Å²) in [4.78, 5) is 25.2. The van der Waals surface area contributed by atoms with Crippen LogP contribution >= 0.6 is 11.3 Å². The van der Waals surface area contributed by atoms with Crippen LogP contribution in [0, 0.1) is 18.3 Å². The van der Waals surface area contributed by atoms with E-state index in [4.69, 9.17) is 4.74 Å². The van der Waals surface area contributed by atoms with Gasteiger partial charge >= 0.3 is 12.1 Å². The first-order valence-corrected chi connectivity index (χ1v) is 11.8. The number of hydrogen-bond donors (Lipinski definition) is 1. The number of carbonyl (C=O) groups excluding carboxylic acids is 1. The Bertz CT molecular complexity index is 1280. The molecular formula is C25H25F3N4O2S. The molecule has 1 aliphatic carbocycles. The Labute approximate surface area is 205 Å². The molecule has 4 rings (SSSR count). The number of carbonyl (C=O) groups is 1. The molecule has 3 aromatic rings. The van der Waals surface area contributed by atoms with E-state index in [1.54, 1.807) is 6.20 Å². The van der Waals surface area contributed by atoms with Gasteiger partial charge in [-0.15, -0.1) is 11.3 Å². The number of alkyl halides is 3. The van der Waals surface area contributed by atoms with Crippen molar-refractivity contribution in [3.63, 3.8) is 0 Å². The molecule has 0 bridgehead atoms. The summed E-state index contributed by atoms with van der Waals surface area (Å²) >= 11 is 1.53. The van der Waals surface area contributed by atoms with Crippen LogP contribution in [0.15, 0.2) is 42.7 Å². The molecule has 0 spiro atoms. The number of thiazole rings is 1. The lowest BCUT2D eigenvalue weighted by molar-refractivity contribution is -0.149. The second-order valence-electron chi connectivity index (χ2n) is 9.11. The molecule has 6 nitrogen and oxygen atoms in total. The van der Waals surface area contributed by atoms with Crippen LogP contribution in [0.3, 0.4) is 0 Å². The monoisotopic (exact) mass is 502 g/mol. The Balaban J connectivity index is 1.59. The summed E-state index contributed by atoms with van der Waals surface area (Å²) in [5.74, 6) is -0.523. The molecule has 184 valence electrons. The maximum absolute atomic E-state index is 13.0. The van der Waals surface area contributed by atoms with E-state index in [0.717, 1.165) is 45.3 Å². The Morgan fingerprint density at radius 1 is 1.23 bits per heavy atom. The van der Waals surface area contributed by atoms with Gasteiger partial charge < -0.3 is 10.1 Å². The Hall–Kier alpha value is -3.27. The molecule has 0 radical (unpaired) electrons. The summed E-state index contributed by atoms with van der Waals surface area (Å²) in [6.45, 7) is 5.95. The molecular weight excluding hydrogens is 477 g/mol. The molecule has 1 unspecified atom stereocenters. The normalized spacial score (nSPS) is 17.6. The molecule has 1 aliphatic rings. The van der Waals surface area contributed by atoms with Crippen LogP contribution in [-0.4, -0.2) is 28.0 Å². The highest BCUT2D eigenvalue weighted by Crippen LogP contribution is 2.44. The summed E-state index contributed by atoms with van der Waals surface area (Å²) in [5.41, 5.74) is 2.12. The van der Waals surface area contributed by atoms with Gasteiger partial charge in [-0.1, -0.05) is 26.0 Å². The van der Waals surface area contributed by atoms with Gasteiger partial charge in [-0.3, -0.25) is 4.79 Å². The Morgan fingerprint density at radius 2 is 2.00 bits per heavy atom. The number of methoxy groups -OCH3 is 1. The minimum absolute atomic E-state index is 0.129. The van der Waals surface area contributed by atoms with Gasteiger partial charge in [0.05, 0.1) is 17.9 Å². The quantitative estimate of drug-likeness (QED) is 0.393. The zero-order valence-corrected chi connectivity index (χ0v) is 20.5. The largest absolute Gasteiger partial charge is 0.469 e. The van der Waals surface area contributed by atoms with Crippen molar-refractivity contribution in [3.05, 3.63) is 59.0 Å². The number of benzene rings is 1. The molecule has 0 saturated carbocycles. The molecule has 2 aromatic heterocycles. The van der Waals surface area contributed by atoms with E-state index in [2.05, 4.69) is 26.3 Å². The van der Waals surface area contributed by atoms with Gasteiger partial charge in [-0.2, -0.15) is 13.2 Å². The summed E-state index contributed by atoms with van der Waals surface area (Å²) in [7, 11) is 1.41. The van der Waals surface area contributed by atoms with Gasteiger partial charge in [0.25, 0.3) is 0 Å². The minimum atomic E-state index is -4.55. The lowest BCUT2D eigenvalue weighted by Gasteiger charge is -2.34. The third-order valence-electron chi connectivity index (χ3n) is 5.98. The minimum Gasteiger partial charge on any atom is -0.469 e. The third-order valence-corrected chi connectivity index (χ3v) is 7.10. The van der Waals surface area contributed by atoms with Crippen LogP contribution in [0.25, 0.3) is 16.0 Å². The second-order valence-corrected chi connectivity index (χ2v) is 10.1. The molecule has 1 atom stereocenters. The number of rotatable bonds is 5. The molecule has 35 heavy (non-hydrogen) atoms. The summed E-state index contributed by atoms with van der Waals surface area (Å²) in [5, 5.41) is 3.76. The number of halogens is 3. The molecule has 1 aromatic carbocycles. The van der Waals surface area contributed by atoms with Crippen molar-refractivity contribution in [1.29, 1.82) is 0 Å². The van der Waals surface area contributed by atoms with Gasteiger partial charge in [0.2, 0.25) is 5.95 Å². The van der Waals surface area contributed by atoms with Gasteiger partial charge in [-0.25, -0.2) is 15.0 Å². The van der Waals surface area contributed by atoms with Crippen molar-refractivity contribution in [1.82, 2.24) is 15.0 Å². The number of aromatic nitrogens is 3. The van der Waals surface area contributed by atoms with E-state index in [9.17, 15) is 18.0 Å². The van der Waals surface area contributed by atoms with Crippen LogP contribution in [0.4, 0.5) is 24.8 Å². The lowest BCUT2D eigenvalue weighted by atomic mass is 9.71. The molecule has 0 fully saturated rings. The van der Waals surface area contributed by atoms with Crippen LogP contribution in [-0.2, 0) is 15.7 Å². The Morgan fingerprint density at radius 3 is 2.69 bits per heavy atom. The van der Waals surface area contributed by atoms with Crippen LogP contribution in [0.1, 0.15) is 43.0 Å². The number of allylic oxidation sites excluding steroid dienone is 2. The van der Waals surface area contributed by atoms with Gasteiger partial charge in [0.1, 0.15) is 10.7 Å². The van der Waals surface area contributed by atoms with Crippen LogP contribution < -0.4 is 5.32 Å². The first-order chi connectivity index (χ1) is 16.5. The van der Waals surface area contributed by atoms with E-state index in [-0.39, 0.29) is 23.3 Å². The fourth-order valence-electron chi connectivity index (χ4n) is 4.29. The van der Waals surface area contributed by atoms with Crippen molar-refractivity contribution in [2.24, 2.45) is 11.3 Å². The fourth-order valence-corrected chi connectivity index (χ4v) is 5.23. The summed E-state index contributed by atoms with van der Waals surface area (Å²) in [6.07, 6.45) is 1.85. The van der Waals surface area contributed by atoms with E-state index < -0.39 is 11.9 Å². The fraction of sp³-hybridized carbons (Fsp3) is 0.360. The zero-order chi connectivity index (χ0) is 25.4. The highest BCUT2D eigenvalue weighted by atomic mass is 32.1. The van der Waals surface area contributed by atoms with Crippen molar-refractivity contribution < 1.29 is 22.7 Å². The predicted molar refractivity (Wildman–Crippen MR) is 129 cm³/mol. The lowest BCUT2D eigenvalue weighted by Crippen LogP contribution is -2.33. The van der Waals surface area contributed by atoms with Crippen molar-refractivity contribution in [3.8, 4) is 10.4 Å². The van der Waals surface area contributed by atoms with E-state index in [1.807, 2.05) is 39.0 Å². The first kappa shape index (κ1) is 24.8. The van der Waals surface area contributed by atoms with E-state index in [0.29, 0.717) is 12.1 Å². The topological polar surface area (TPSA) is 77.0 Å². The third kappa shape index (κ3) is 5.53. The molecule has 0 amide bonds.